The number of carbonyl (C=O) groups is 2. The van der Waals surface area contributed by atoms with Crippen LogP contribution in [0, 0.1) is 0 Å². The molecule has 0 heterocycles. The van der Waals surface area contributed by atoms with Gasteiger partial charge in [-0.3, -0.25) is 9.59 Å². The number of ether oxygens (including phenoxy) is 1. The first-order chi connectivity index (χ1) is 9.38. The average molecular weight is 415 g/mol. The van der Waals surface area contributed by atoms with Crippen LogP contribution in [0.4, 0.5) is 0 Å². The lowest BCUT2D eigenvalue weighted by atomic mass is 10.1. The molecule has 0 aromatic carbocycles. The minimum atomic E-state index is -0.212. The van der Waals surface area contributed by atoms with E-state index >= 15 is 0 Å². The Balaban J connectivity index is 3.57. The molecule has 0 aromatic rings. The van der Waals surface area contributed by atoms with Crippen LogP contribution in [-0.4, -0.2) is 34.7 Å². The second-order valence-electron chi connectivity index (χ2n) is 5.11. The lowest BCUT2D eigenvalue weighted by Gasteiger charge is -2.13. The number of rotatable bonds is 10. The van der Waals surface area contributed by atoms with Gasteiger partial charge in [0.1, 0.15) is 4.83 Å². The number of amides is 1. The van der Waals surface area contributed by atoms with Gasteiger partial charge in [0.25, 0.3) is 0 Å². The number of carbonyl (C=O) groups excluding carboxylic acids is 2. The molecule has 0 fully saturated rings. The molecule has 0 radical (unpaired) electrons. The molecule has 2 atom stereocenters. The van der Waals surface area contributed by atoms with Gasteiger partial charge in [0.05, 0.1) is 11.9 Å². The van der Waals surface area contributed by atoms with Crippen LogP contribution in [-0.2, 0) is 14.3 Å². The van der Waals surface area contributed by atoms with E-state index in [0.29, 0.717) is 0 Å². The van der Waals surface area contributed by atoms with Crippen molar-refractivity contribution < 1.29 is 14.3 Å². The Morgan fingerprint density at radius 2 is 1.50 bits per heavy atom. The van der Waals surface area contributed by atoms with Crippen LogP contribution in [0.3, 0.4) is 0 Å². The van der Waals surface area contributed by atoms with Crippen LogP contribution in [0.15, 0.2) is 0 Å². The molecule has 0 saturated heterocycles. The maximum absolute atomic E-state index is 11.7. The fourth-order valence-corrected chi connectivity index (χ4v) is 2.72. The third-order valence-corrected chi connectivity index (χ3v) is 4.54. The lowest BCUT2D eigenvalue weighted by molar-refractivity contribution is -0.139. The van der Waals surface area contributed by atoms with Gasteiger partial charge in [-0.05, 0) is 26.7 Å². The van der Waals surface area contributed by atoms with E-state index in [9.17, 15) is 9.59 Å². The summed E-state index contributed by atoms with van der Waals surface area (Å²) >= 11 is 6.71. The van der Waals surface area contributed by atoms with Gasteiger partial charge in [0.2, 0.25) is 5.91 Å². The van der Waals surface area contributed by atoms with Crippen molar-refractivity contribution in [2.75, 3.05) is 7.11 Å². The number of hydrogen-bond acceptors (Lipinski definition) is 3. The van der Waals surface area contributed by atoms with Gasteiger partial charge < -0.3 is 10.1 Å². The summed E-state index contributed by atoms with van der Waals surface area (Å²) in [4.78, 5) is 22.5. The van der Waals surface area contributed by atoms with Crippen molar-refractivity contribution in [1.29, 1.82) is 0 Å². The summed E-state index contributed by atoms with van der Waals surface area (Å²) in [5.41, 5.74) is 0. The summed E-state index contributed by atoms with van der Waals surface area (Å²) < 4.78 is 4.64. The molecule has 0 aliphatic heterocycles. The zero-order valence-corrected chi connectivity index (χ0v) is 15.6. The molecule has 118 valence electrons. The van der Waals surface area contributed by atoms with Crippen LogP contribution < -0.4 is 5.32 Å². The van der Waals surface area contributed by atoms with Gasteiger partial charge in [0, 0.05) is 6.04 Å². The molecule has 4 nitrogen and oxygen atoms in total. The fraction of sp³-hybridized carbons (Fsp3) is 0.857. The lowest BCUT2D eigenvalue weighted by Crippen LogP contribution is -2.35. The summed E-state index contributed by atoms with van der Waals surface area (Å²) in [7, 11) is 1.40. The Hall–Kier alpha value is -0.100. The first-order valence-corrected chi connectivity index (χ1v) is 8.88. The largest absolute Gasteiger partial charge is 0.468 e. The Kier molecular flexibility index (Phi) is 11.5. The SMILES string of the molecule is COC(=O)C(Br)CCCCCCC(Br)C(=O)NC(C)C. The molecule has 0 aromatic heterocycles. The second kappa shape index (κ2) is 11.5. The summed E-state index contributed by atoms with van der Waals surface area (Å²) in [6.07, 6.45) is 5.75. The van der Waals surface area contributed by atoms with Crippen molar-refractivity contribution in [1.82, 2.24) is 5.32 Å². The van der Waals surface area contributed by atoms with Crippen LogP contribution in [0.1, 0.15) is 52.4 Å². The number of hydrogen-bond donors (Lipinski definition) is 1. The smallest absolute Gasteiger partial charge is 0.319 e. The van der Waals surface area contributed by atoms with Gasteiger partial charge >= 0.3 is 5.97 Å². The minimum absolute atomic E-state index is 0.0613. The molecule has 1 N–H and O–H groups in total. The predicted molar refractivity (Wildman–Crippen MR) is 88.4 cm³/mol. The van der Waals surface area contributed by atoms with E-state index in [1.807, 2.05) is 13.8 Å². The molecule has 0 aliphatic carbocycles. The van der Waals surface area contributed by atoms with Crippen LogP contribution in [0.5, 0.6) is 0 Å². The summed E-state index contributed by atoms with van der Waals surface area (Å²) in [6, 6.07) is 0.178. The maximum Gasteiger partial charge on any atom is 0.319 e. The van der Waals surface area contributed by atoms with Crippen LogP contribution >= 0.6 is 31.9 Å². The van der Waals surface area contributed by atoms with Crippen molar-refractivity contribution >= 4 is 43.7 Å². The molecular formula is C14H25Br2NO3. The predicted octanol–water partition coefficient (Wildman–Crippen LogP) is 3.55. The van der Waals surface area contributed by atoms with Crippen molar-refractivity contribution in [2.45, 2.75) is 68.1 Å². The normalized spacial score (nSPS) is 13.9. The highest BCUT2D eigenvalue weighted by Gasteiger charge is 2.16. The molecule has 0 spiro atoms. The highest BCUT2D eigenvalue weighted by molar-refractivity contribution is 9.10. The second-order valence-corrected chi connectivity index (χ2v) is 7.32. The molecule has 20 heavy (non-hydrogen) atoms. The standard InChI is InChI=1S/C14H25Br2NO3/c1-10(2)17-13(18)11(15)8-6-4-5-7-9-12(16)14(19)20-3/h10-12H,4-9H2,1-3H3,(H,17,18). The third kappa shape index (κ3) is 9.75. The molecule has 2 unspecified atom stereocenters. The number of methoxy groups -OCH3 is 1. The van der Waals surface area contributed by atoms with Gasteiger partial charge in [0.15, 0.2) is 0 Å². The van der Waals surface area contributed by atoms with E-state index in [0.717, 1.165) is 38.5 Å². The topological polar surface area (TPSA) is 55.4 Å². The van der Waals surface area contributed by atoms with Crippen molar-refractivity contribution in [3.05, 3.63) is 0 Å². The van der Waals surface area contributed by atoms with Gasteiger partial charge in [-0.1, -0.05) is 57.5 Å². The molecule has 0 saturated carbocycles. The fourth-order valence-electron chi connectivity index (χ4n) is 1.75. The van der Waals surface area contributed by atoms with E-state index in [1.165, 1.54) is 7.11 Å². The molecule has 0 rings (SSSR count). The number of unbranched alkanes of at least 4 members (excludes halogenated alkanes) is 3. The van der Waals surface area contributed by atoms with Gasteiger partial charge in [-0.15, -0.1) is 0 Å². The van der Waals surface area contributed by atoms with Gasteiger partial charge in [-0.2, -0.15) is 0 Å². The van der Waals surface area contributed by atoms with E-state index in [1.54, 1.807) is 0 Å². The van der Waals surface area contributed by atoms with Crippen molar-refractivity contribution in [3.63, 3.8) is 0 Å². The Morgan fingerprint density at radius 1 is 1.00 bits per heavy atom. The zero-order chi connectivity index (χ0) is 15.5. The third-order valence-electron chi connectivity index (χ3n) is 2.84. The van der Waals surface area contributed by atoms with E-state index in [-0.39, 0.29) is 27.6 Å². The monoisotopic (exact) mass is 413 g/mol. The first-order valence-electron chi connectivity index (χ1n) is 7.04. The Bertz CT molecular complexity index is 298. The quantitative estimate of drug-likeness (QED) is 0.338. The summed E-state index contributed by atoms with van der Waals surface area (Å²) in [5, 5.41) is 2.89. The number of nitrogens with one attached hydrogen (secondary N) is 1. The Labute approximate surface area is 138 Å². The van der Waals surface area contributed by atoms with Crippen molar-refractivity contribution in [2.24, 2.45) is 0 Å². The maximum atomic E-state index is 11.7. The van der Waals surface area contributed by atoms with Crippen LogP contribution in [0.25, 0.3) is 0 Å². The highest BCUT2D eigenvalue weighted by atomic mass is 79.9. The molecule has 0 aliphatic rings. The zero-order valence-electron chi connectivity index (χ0n) is 12.5. The highest BCUT2D eigenvalue weighted by Crippen LogP contribution is 2.16. The molecule has 0 bridgehead atoms. The first kappa shape index (κ1) is 19.9. The molecular weight excluding hydrogens is 390 g/mol. The van der Waals surface area contributed by atoms with Crippen LogP contribution in [0.2, 0.25) is 0 Å². The van der Waals surface area contributed by atoms with Crippen molar-refractivity contribution in [3.8, 4) is 0 Å². The molecule has 6 heteroatoms. The van der Waals surface area contributed by atoms with E-state index in [2.05, 4.69) is 41.9 Å². The van der Waals surface area contributed by atoms with Gasteiger partial charge in [-0.25, -0.2) is 0 Å². The number of alkyl halides is 2. The molecule has 1 amide bonds. The Morgan fingerprint density at radius 3 is 1.95 bits per heavy atom. The minimum Gasteiger partial charge on any atom is -0.468 e. The summed E-state index contributed by atoms with van der Waals surface area (Å²) in [5.74, 6) is -0.151. The number of halogens is 2. The number of esters is 1. The summed E-state index contributed by atoms with van der Waals surface area (Å²) in [6.45, 7) is 3.91. The van der Waals surface area contributed by atoms with E-state index in [4.69, 9.17) is 0 Å². The average Bonchev–Trinajstić information content (AvgIpc) is 2.40. The van der Waals surface area contributed by atoms with E-state index < -0.39 is 0 Å².